The lowest BCUT2D eigenvalue weighted by Gasteiger charge is -2.63. The number of rotatable bonds is 2. The Kier molecular flexibility index (Phi) is 4.80. The van der Waals surface area contributed by atoms with Gasteiger partial charge in [0.25, 0.3) is 0 Å². The second kappa shape index (κ2) is 6.80. The van der Waals surface area contributed by atoms with Gasteiger partial charge in [0.05, 0.1) is 24.4 Å². The number of hydrogen-bond donors (Lipinski definition) is 2. The molecule has 4 unspecified atom stereocenters. The van der Waals surface area contributed by atoms with Crippen molar-refractivity contribution in [3.05, 3.63) is 0 Å². The number of ether oxygens (including phenoxy) is 1. The molecule has 188 valence electrons. The molecule has 0 bridgehead atoms. The van der Waals surface area contributed by atoms with Crippen LogP contribution in [0.3, 0.4) is 0 Å². The van der Waals surface area contributed by atoms with E-state index in [-0.39, 0.29) is 34.6 Å². The van der Waals surface area contributed by atoms with Gasteiger partial charge in [-0.15, -0.1) is 0 Å². The normalized spacial score (nSPS) is 60.9. The van der Waals surface area contributed by atoms with Gasteiger partial charge in [0.2, 0.25) is 0 Å². The molecular formula is C30H50O3. The molecular weight excluding hydrogens is 408 g/mol. The molecule has 1 aliphatic heterocycles. The second-order valence-corrected chi connectivity index (χ2v) is 15.3. The van der Waals surface area contributed by atoms with Crippen LogP contribution < -0.4 is 0 Å². The van der Waals surface area contributed by atoms with E-state index in [1.807, 2.05) is 0 Å². The van der Waals surface area contributed by atoms with Crippen LogP contribution in [0, 0.1) is 56.7 Å². The third-order valence-electron chi connectivity index (χ3n) is 13.6. The monoisotopic (exact) mass is 458 g/mol. The molecule has 2 N–H and O–H groups in total. The maximum Gasteiger partial charge on any atom is 0.0879 e. The zero-order valence-corrected chi connectivity index (χ0v) is 22.4. The van der Waals surface area contributed by atoms with Crippen molar-refractivity contribution in [3.63, 3.8) is 0 Å². The van der Waals surface area contributed by atoms with Gasteiger partial charge < -0.3 is 14.9 Å². The summed E-state index contributed by atoms with van der Waals surface area (Å²) in [5, 5.41) is 23.0. The quantitative estimate of drug-likeness (QED) is 0.517. The van der Waals surface area contributed by atoms with Crippen molar-refractivity contribution < 1.29 is 14.9 Å². The van der Waals surface area contributed by atoms with Crippen molar-refractivity contribution in [2.75, 3.05) is 0 Å². The molecule has 0 aromatic heterocycles. The molecule has 0 amide bonds. The Hall–Kier alpha value is -0.120. The fourth-order valence-corrected chi connectivity index (χ4v) is 12.1. The van der Waals surface area contributed by atoms with Gasteiger partial charge >= 0.3 is 0 Å². The standard InChI is InChI=1S/C30H50O3/c1-17(2)14-19-15-18(3)23-24(33-19)25(32)28(7)21-9-8-20-26(4,5)22(31)10-11-29(20)16-30(21,29)13-12-27(23,28)6/h17-25,31-32H,8-16H2,1-7H3/t18-,19?,20+,21?,22+,23+,24?,25+,27-,28-,29-,30?/m1/s1. The van der Waals surface area contributed by atoms with Crippen LogP contribution in [0.15, 0.2) is 0 Å². The van der Waals surface area contributed by atoms with Crippen molar-refractivity contribution in [1.82, 2.24) is 0 Å². The molecule has 6 fully saturated rings. The van der Waals surface area contributed by atoms with E-state index < -0.39 is 0 Å². The highest BCUT2D eigenvalue weighted by molar-refractivity contribution is 5.32. The number of fused-ring (bicyclic) bond motifs is 4. The topological polar surface area (TPSA) is 49.7 Å². The number of aliphatic hydroxyl groups is 2. The van der Waals surface area contributed by atoms with Crippen molar-refractivity contribution in [2.24, 2.45) is 56.7 Å². The molecule has 6 rings (SSSR count). The highest BCUT2D eigenvalue weighted by Crippen LogP contribution is 2.89. The summed E-state index contributed by atoms with van der Waals surface area (Å²) in [6, 6.07) is 0. The van der Waals surface area contributed by atoms with E-state index in [1.54, 1.807) is 0 Å². The summed E-state index contributed by atoms with van der Waals surface area (Å²) in [4.78, 5) is 0. The molecule has 2 spiro atoms. The molecule has 5 aliphatic carbocycles. The molecule has 1 saturated heterocycles. The zero-order chi connectivity index (χ0) is 23.8. The Balaban J connectivity index is 1.37. The SMILES string of the molecule is CC(C)CC1C[C@@H](C)[C@H]2C(O1)[C@H](O)[C@@]1(C)C3CC[C@H]4C(C)(C)[C@@H](O)CC[C@@]45CC35CC[C@]21C. The lowest BCUT2D eigenvalue weighted by atomic mass is 9.41. The lowest BCUT2D eigenvalue weighted by Crippen LogP contribution is -2.59. The van der Waals surface area contributed by atoms with E-state index in [0.717, 1.165) is 19.3 Å². The molecule has 0 aromatic carbocycles. The van der Waals surface area contributed by atoms with Crippen LogP contribution in [-0.2, 0) is 4.74 Å². The highest BCUT2D eigenvalue weighted by atomic mass is 16.5. The third-order valence-corrected chi connectivity index (χ3v) is 13.6. The van der Waals surface area contributed by atoms with Crippen molar-refractivity contribution >= 4 is 0 Å². The van der Waals surface area contributed by atoms with Gasteiger partial charge in [0.1, 0.15) is 0 Å². The highest BCUT2D eigenvalue weighted by Gasteiger charge is 2.84. The van der Waals surface area contributed by atoms with E-state index in [4.69, 9.17) is 4.74 Å². The maximum atomic E-state index is 12.2. The molecule has 5 saturated carbocycles. The van der Waals surface area contributed by atoms with Gasteiger partial charge in [-0.1, -0.05) is 48.5 Å². The molecule has 3 nitrogen and oxygen atoms in total. The maximum absolute atomic E-state index is 12.2. The minimum atomic E-state index is -0.344. The minimum absolute atomic E-state index is 0.0136. The van der Waals surface area contributed by atoms with Gasteiger partial charge in [-0.2, -0.15) is 0 Å². The summed E-state index contributed by atoms with van der Waals surface area (Å²) < 4.78 is 6.82. The van der Waals surface area contributed by atoms with Gasteiger partial charge in [0, 0.05) is 5.41 Å². The van der Waals surface area contributed by atoms with Crippen molar-refractivity contribution in [2.45, 2.75) is 131 Å². The predicted octanol–water partition coefficient (Wildman–Crippen LogP) is 6.21. The second-order valence-electron chi connectivity index (χ2n) is 15.3. The Labute approximate surface area is 202 Å². The van der Waals surface area contributed by atoms with Crippen LogP contribution >= 0.6 is 0 Å². The van der Waals surface area contributed by atoms with E-state index >= 15 is 0 Å². The van der Waals surface area contributed by atoms with E-state index in [9.17, 15) is 10.2 Å². The van der Waals surface area contributed by atoms with Crippen LogP contribution in [0.25, 0.3) is 0 Å². The van der Waals surface area contributed by atoms with Gasteiger partial charge in [-0.05, 0) is 109 Å². The van der Waals surface area contributed by atoms with Gasteiger partial charge in [-0.25, -0.2) is 0 Å². The average molecular weight is 459 g/mol. The predicted molar refractivity (Wildman–Crippen MR) is 132 cm³/mol. The molecule has 12 atom stereocenters. The van der Waals surface area contributed by atoms with Crippen LogP contribution in [0.1, 0.15) is 106 Å². The average Bonchev–Trinajstić information content (AvgIpc) is 3.36. The van der Waals surface area contributed by atoms with Crippen LogP contribution in [0.4, 0.5) is 0 Å². The summed E-state index contributed by atoms with van der Waals surface area (Å²) in [6.07, 6.45) is 10.7. The minimum Gasteiger partial charge on any atom is -0.393 e. The lowest BCUT2D eigenvalue weighted by molar-refractivity contribution is -0.182. The fourth-order valence-electron chi connectivity index (χ4n) is 12.1. The van der Waals surface area contributed by atoms with Gasteiger partial charge in [0.15, 0.2) is 0 Å². The third kappa shape index (κ3) is 2.54. The Morgan fingerprint density at radius 3 is 2.27 bits per heavy atom. The smallest absolute Gasteiger partial charge is 0.0879 e. The summed E-state index contributed by atoms with van der Waals surface area (Å²) in [5.74, 6) is 2.99. The molecule has 0 radical (unpaired) electrons. The van der Waals surface area contributed by atoms with Gasteiger partial charge in [-0.3, -0.25) is 0 Å². The first-order valence-corrected chi connectivity index (χ1v) is 14.4. The Bertz CT molecular complexity index is 821. The summed E-state index contributed by atoms with van der Waals surface area (Å²) in [7, 11) is 0. The first kappa shape index (κ1) is 23.3. The van der Waals surface area contributed by atoms with Crippen LogP contribution in [0.5, 0.6) is 0 Å². The fraction of sp³-hybridized carbons (Fsp3) is 1.00. The summed E-state index contributed by atoms with van der Waals surface area (Å²) >= 11 is 0. The molecule has 33 heavy (non-hydrogen) atoms. The van der Waals surface area contributed by atoms with Crippen LogP contribution in [0.2, 0.25) is 0 Å². The zero-order valence-electron chi connectivity index (χ0n) is 22.4. The number of aliphatic hydroxyl groups excluding tert-OH is 2. The molecule has 3 heteroatoms. The van der Waals surface area contributed by atoms with E-state index in [0.29, 0.717) is 46.5 Å². The van der Waals surface area contributed by atoms with Crippen LogP contribution in [-0.4, -0.2) is 34.6 Å². The first-order valence-electron chi connectivity index (χ1n) is 14.4. The number of hydrogen-bond acceptors (Lipinski definition) is 3. The van der Waals surface area contributed by atoms with E-state index in [1.165, 1.54) is 38.5 Å². The molecule has 6 aliphatic rings. The summed E-state index contributed by atoms with van der Waals surface area (Å²) in [6.45, 7) is 16.8. The van der Waals surface area contributed by atoms with E-state index in [2.05, 4.69) is 48.5 Å². The van der Waals surface area contributed by atoms with Crippen molar-refractivity contribution in [1.29, 1.82) is 0 Å². The Morgan fingerprint density at radius 2 is 1.58 bits per heavy atom. The Morgan fingerprint density at radius 1 is 0.909 bits per heavy atom. The molecule has 0 aromatic rings. The largest absolute Gasteiger partial charge is 0.393 e. The molecule has 1 heterocycles. The summed E-state index contributed by atoms with van der Waals surface area (Å²) in [5.41, 5.74) is 0.948. The first-order chi connectivity index (χ1) is 15.3. The van der Waals surface area contributed by atoms with Crippen molar-refractivity contribution in [3.8, 4) is 0 Å².